The Balaban J connectivity index is 2.22. The molecule has 0 bridgehead atoms. The number of rotatable bonds is 15. The molecule has 14 heteroatoms. The van der Waals surface area contributed by atoms with Gasteiger partial charge in [-0.15, -0.1) is 0 Å². The lowest BCUT2D eigenvalue weighted by Crippen LogP contribution is -2.56. The first-order valence-electron chi connectivity index (χ1n) is 12.7. The molecule has 1 aromatic heterocycles. The predicted molar refractivity (Wildman–Crippen MR) is 143 cm³/mol. The summed E-state index contributed by atoms with van der Waals surface area (Å²) in [5, 5.41) is 27.5. The molecule has 40 heavy (non-hydrogen) atoms. The molecule has 0 fully saturated rings. The molecule has 0 spiro atoms. The SMILES string of the molecule is CNC(=O)CC(CC(=O)O)C(=O)OB(O)[C@H](CC(C)C)NC(=O)[C@H](Cc1ccccc1)NC(=O)c1cnccn1. The van der Waals surface area contributed by atoms with Crippen LogP contribution in [0.4, 0.5) is 0 Å². The van der Waals surface area contributed by atoms with E-state index >= 15 is 0 Å². The summed E-state index contributed by atoms with van der Waals surface area (Å²) in [5.74, 6) is -6.81. The second kappa shape index (κ2) is 15.9. The Labute approximate surface area is 232 Å². The van der Waals surface area contributed by atoms with E-state index in [1.807, 2.05) is 19.9 Å². The first kappa shape index (κ1) is 31.9. The number of aromatic nitrogens is 2. The molecule has 13 nitrogen and oxygen atoms in total. The number of amides is 3. The lowest BCUT2D eigenvalue weighted by molar-refractivity contribution is -0.148. The third-order valence-corrected chi connectivity index (χ3v) is 5.80. The van der Waals surface area contributed by atoms with E-state index in [1.54, 1.807) is 24.3 Å². The van der Waals surface area contributed by atoms with E-state index in [9.17, 15) is 29.0 Å². The molecule has 0 aliphatic rings. The minimum Gasteiger partial charge on any atom is -0.508 e. The molecular weight excluding hydrogens is 521 g/mol. The zero-order valence-corrected chi connectivity index (χ0v) is 22.6. The Hall–Kier alpha value is -4.33. The Kier molecular flexibility index (Phi) is 12.7. The molecule has 0 saturated heterocycles. The van der Waals surface area contributed by atoms with Gasteiger partial charge in [0.15, 0.2) is 0 Å². The summed E-state index contributed by atoms with van der Waals surface area (Å²) in [6.45, 7) is 3.65. The molecule has 3 atom stereocenters. The van der Waals surface area contributed by atoms with Gasteiger partial charge in [-0.25, -0.2) is 4.98 Å². The molecule has 5 N–H and O–H groups in total. The average Bonchev–Trinajstić information content (AvgIpc) is 2.92. The maximum absolute atomic E-state index is 13.4. The molecule has 2 aromatic rings. The van der Waals surface area contributed by atoms with Gasteiger partial charge >= 0.3 is 13.1 Å². The van der Waals surface area contributed by atoms with Crippen molar-refractivity contribution >= 4 is 36.8 Å². The van der Waals surface area contributed by atoms with Crippen LogP contribution >= 0.6 is 0 Å². The largest absolute Gasteiger partial charge is 0.548 e. The quantitative estimate of drug-likeness (QED) is 0.189. The number of hydrogen-bond acceptors (Lipinski definition) is 9. The smallest absolute Gasteiger partial charge is 0.508 e. The number of benzene rings is 1. The molecule has 0 aliphatic carbocycles. The number of aliphatic carboxylic acids is 1. The molecule has 1 aromatic carbocycles. The molecule has 0 aliphatic heterocycles. The van der Waals surface area contributed by atoms with Crippen molar-refractivity contribution in [2.24, 2.45) is 11.8 Å². The van der Waals surface area contributed by atoms with E-state index in [1.165, 1.54) is 25.6 Å². The van der Waals surface area contributed by atoms with E-state index in [-0.39, 0.29) is 24.5 Å². The standard InChI is InChI=1S/C26H34BN5O8/c1-16(2)11-21(27(39)40-26(38)18(14-23(34)35)13-22(33)28-3)32-24(36)19(12-17-7-5-4-6-8-17)31-25(37)20-15-29-9-10-30-20/h4-10,15-16,18-19,21,39H,11-14H2,1-3H3,(H,28,33)(H,31,37)(H,32,36)(H,34,35)/t18?,19-,21-/m0/s1. The highest BCUT2D eigenvalue weighted by molar-refractivity contribution is 6.47. The van der Waals surface area contributed by atoms with Crippen LogP contribution in [-0.4, -0.2) is 75.9 Å². The number of carbonyl (C=O) groups excluding carboxylic acids is 4. The predicted octanol–water partition coefficient (Wildman–Crippen LogP) is 0.139. The second-order valence-electron chi connectivity index (χ2n) is 9.55. The number of carbonyl (C=O) groups is 5. The van der Waals surface area contributed by atoms with E-state index in [2.05, 4.69) is 25.9 Å². The highest BCUT2D eigenvalue weighted by Crippen LogP contribution is 2.15. The van der Waals surface area contributed by atoms with Crippen LogP contribution in [0, 0.1) is 11.8 Å². The van der Waals surface area contributed by atoms with Gasteiger partial charge in [0.05, 0.1) is 24.5 Å². The van der Waals surface area contributed by atoms with Crippen LogP contribution in [0.5, 0.6) is 0 Å². The molecule has 1 unspecified atom stereocenters. The van der Waals surface area contributed by atoms with Crippen molar-refractivity contribution in [2.75, 3.05) is 7.05 Å². The summed E-state index contributed by atoms with van der Waals surface area (Å²) in [6.07, 6.45) is 3.14. The van der Waals surface area contributed by atoms with Crippen LogP contribution in [0.25, 0.3) is 0 Å². The molecule has 1 heterocycles. The van der Waals surface area contributed by atoms with E-state index in [0.717, 1.165) is 5.56 Å². The zero-order chi connectivity index (χ0) is 29.7. The lowest BCUT2D eigenvalue weighted by Gasteiger charge is -2.26. The zero-order valence-electron chi connectivity index (χ0n) is 22.6. The topological polar surface area (TPSA) is 197 Å². The third-order valence-electron chi connectivity index (χ3n) is 5.80. The van der Waals surface area contributed by atoms with Crippen LogP contribution < -0.4 is 16.0 Å². The Morgan fingerprint density at radius 3 is 2.30 bits per heavy atom. The first-order chi connectivity index (χ1) is 19.0. The Morgan fingerprint density at radius 1 is 1.02 bits per heavy atom. The van der Waals surface area contributed by atoms with Crippen molar-refractivity contribution in [1.82, 2.24) is 25.9 Å². The molecule has 0 saturated carbocycles. The van der Waals surface area contributed by atoms with Gasteiger partial charge in [-0.05, 0) is 17.9 Å². The number of hydrogen-bond donors (Lipinski definition) is 5. The fraction of sp³-hybridized carbons (Fsp3) is 0.423. The average molecular weight is 555 g/mol. The minimum absolute atomic E-state index is 0.00152. The van der Waals surface area contributed by atoms with Crippen LogP contribution in [0.15, 0.2) is 48.9 Å². The van der Waals surface area contributed by atoms with Crippen LogP contribution in [0.1, 0.15) is 49.2 Å². The van der Waals surface area contributed by atoms with Crippen molar-refractivity contribution in [3.63, 3.8) is 0 Å². The van der Waals surface area contributed by atoms with Crippen molar-refractivity contribution < 1.29 is 38.8 Å². The highest BCUT2D eigenvalue weighted by Gasteiger charge is 2.37. The third kappa shape index (κ3) is 10.8. The monoisotopic (exact) mass is 555 g/mol. The fourth-order valence-electron chi connectivity index (χ4n) is 3.82. The molecular formula is C26H34BN5O8. The van der Waals surface area contributed by atoms with E-state index < -0.39 is 67.5 Å². The minimum atomic E-state index is -1.85. The lowest BCUT2D eigenvalue weighted by atomic mass is 9.74. The molecule has 3 amide bonds. The van der Waals surface area contributed by atoms with Gasteiger partial charge in [0.2, 0.25) is 11.8 Å². The summed E-state index contributed by atoms with van der Waals surface area (Å²) in [6, 6.07) is 7.85. The summed E-state index contributed by atoms with van der Waals surface area (Å²) >= 11 is 0. The summed E-state index contributed by atoms with van der Waals surface area (Å²) in [7, 11) is -0.517. The molecule has 214 valence electrons. The van der Waals surface area contributed by atoms with Gasteiger partial charge in [0.1, 0.15) is 11.7 Å². The summed E-state index contributed by atoms with van der Waals surface area (Å²) in [4.78, 5) is 69.7. The Bertz CT molecular complexity index is 1150. The summed E-state index contributed by atoms with van der Waals surface area (Å²) < 4.78 is 5.12. The number of nitrogens with zero attached hydrogens (tertiary/aromatic N) is 2. The fourth-order valence-corrected chi connectivity index (χ4v) is 3.82. The summed E-state index contributed by atoms with van der Waals surface area (Å²) in [5.41, 5.74) is 0.752. The second-order valence-corrected chi connectivity index (χ2v) is 9.55. The van der Waals surface area contributed by atoms with Gasteiger partial charge in [-0.1, -0.05) is 44.2 Å². The maximum atomic E-state index is 13.4. The maximum Gasteiger partial charge on any atom is 0.548 e. The van der Waals surface area contributed by atoms with Crippen LogP contribution in [0.3, 0.4) is 0 Å². The van der Waals surface area contributed by atoms with Gasteiger partial charge in [-0.3, -0.25) is 29.0 Å². The highest BCUT2D eigenvalue weighted by atomic mass is 16.6. The van der Waals surface area contributed by atoms with Gasteiger partial charge in [0, 0.05) is 32.3 Å². The Morgan fingerprint density at radius 2 is 1.73 bits per heavy atom. The van der Waals surface area contributed by atoms with Gasteiger partial charge in [-0.2, -0.15) is 0 Å². The van der Waals surface area contributed by atoms with Crippen LogP contribution in [-0.2, 0) is 30.3 Å². The van der Waals surface area contributed by atoms with Crippen molar-refractivity contribution in [1.29, 1.82) is 0 Å². The van der Waals surface area contributed by atoms with Gasteiger partial charge in [0.25, 0.3) is 11.9 Å². The van der Waals surface area contributed by atoms with Crippen molar-refractivity contribution in [3.05, 3.63) is 60.2 Å². The van der Waals surface area contributed by atoms with Gasteiger partial charge < -0.3 is 30.7 Å². The molecule has 0 radical (unpaired) electrons. The first-order valence-corrected chi connectivity index (χ1v) is 12.7. The van der Waals surface area contributed by atoms with E-state index in [0.29, 0.717) is 0 Å². The van der Waals surface area contributed by atoms with Crippen molar-refractivity contribution in [2.45, 2.75) is 51.5 Å². The number of carboxylic acid groups (broad SMARTS) is 1. The number of nitrogens with one attached hydrogen (secondary N) is 3. The van der Waals surface area contributed by atoms with Crippen molar-refractivity contribution in [3.8, 4) is 0 Å². The number of carboxylic acids is 1. The van der Waals surface area contributed by atoms with E-state index in [4.69, 9.17) is 9.76 Å². The van der Waals surface area contributed by atoms with Crippen LogP contribution in [0.2, 0.25) is 0 Å². The normalized spacial score (nSPS) is 12.9. The molecule has 2 rings (SSSR count).